The SMILES string of the molecule is COC1C2=CC(O)C=C1CC1=CC(O)C=C(CC3=CC(O)C=C(CC4=CC(O)C=C(C2)C4O)C3O)C1O. The summed E-state index contributed by atoms with van der Waals surface area (Å²) in [6.07, 6.45) is 5.92. The normalized spacial score (nSPS) is 38.2. The molecule has 4 unspecified atom stereocenters. The van der Waals surface area contributed by atoms with Crippen LogP contribution in [0.25, 0.3) is 0 Å². The van der Waals surface area contributed by atoms with Gasteiger partial charge in [0, 0.05) is 7.11 Å². The first-order valence-electron chi connectivity index (χ1n) is 12.6. The number of aliphatic hydroxyl groups excluding tert-OH is 7. The molecule has 0 heterocycles. The van der Waals surface area contributed by atoms with Crippen LogP contribution in [0.1, 0.15) is 25.7 Å². The molecule has 0 saturated heterocycles. The number of methoxy groups -OCH3 is 1. The highest BCUT2D eigenvalue weighted by molar-refractivity contribution is 5.47. The Labute approximate surface area is 215 Å². The van der Waals surface area contributed by atoms with E-state index >= 15 is 0 Å². The zero-order valence-corrected chi connectivity index (χ0v) is 20.6. The largest absolute Gasteiger partial charge is 0.385 e. The van der Waals surface area contributed by atoms with Gasteiger partial charge in [0.05, 0.1) is 42.7 Å². The van der Waals surface area contributed by atoms with Crippen LogP contribution < -0.4 is 0 Å². The van der Waals surface area contributed by atoms with Crippen LogP contribution >= 0.6 is 0 Å². The molecule has 1 fully saturated rings. The molecule has 8 nitrogen and oxygen atoms in total. The molecule has 7 N–H and O–H groups in total. The molecule has 0 aromatic rings. The number of hydrogen-bond donors (Lipinski definition) is 7. The van der Waals surface area contributed by atoms with E-state index in [9.17, 15) is 35.7 Å². The van der Waals surface area contributed by atoms with Crippen molar-refractivity contribution in [2.24, 2.45) is 0 Å². The van der Waals surface area contributed by atoms with Crippen LogP contribution in [-0.4, -0.2) is 91.7 Å². The molecule has 5 rings (SSSR count). The molecule has 198 valence electrons. The number of aliphatic hydroxyl groups is 7. The smallest absolute Gasteiger partial charge is 0.100 e. The van der Waals surface area contributed by atoms with Gasteiger partial charge in [-0.1, -0.05) is 0 Å². The zero-order chi connectivity index (χ0) is 26.4. The summed E-state index contributed by atoms with van der Waals surface area (Å²) >= 11 is 0. The van der Waals surface area contributed by atoms with Crippen LogP contribution in [0.5, 0.6) is 0 Å². The Kier molecular flexibility index (Phi) is 7.37. The molecule has 8 bridgehead atoms. The average molecular weight is 511 g/mol. The van der Waals surface area contributed by atoms with Crippen molar-refractivity contribution in [3.8, 4) is 0 Å². The third-order valence-electron chi connectivity index (χ3n) is 7.73. The fraction of sp³-hybridized carbons (Fsp3) is 0.448. The topological polar surface area (TPSA) is 151 Å². The summed E-state index contributed by atoms with van der Waals surface area (Å²) < 4.78 is 5.80. The minimum Gasteiger partial charge on any atom is -0.385 e. The lowest BCUT2D eigenvalue weighted by atomic mass is 9.77. The molecule has 8 heteroatoms. The Morgan fingerprint density at radius 2 is 0.649 bits per heavy atom. The van der Waals surface area contributed by atoms with Crippen LogP contribution in [0.2, 0.25) is 0 Å². The second-order valence-corrected chi connectivity index (χ2v) is 10.4. The van der Waals surface area contributed by atoms with Gasteiger partial charge < -0.3 is 40.5 Å². The highest BCUT2D eigenvalue weighted by atomic mass is 16.5. The Hall–Kier alpha value is -2.40. The van der Waals surface area contributed by atoms with E-state index in [1.807, 2.05) is 0 Å². The molecule has 4 atom stereocenters. The second kappa shape index (κ2) is 10.4. The number of rotatable bonds is 1. The molecule has 1 saturated carbocycles. The molecular formula is C29H34O8. The van der Waals surface area contributed by atoms with E-state index in [2.05, 4.69) is 0 Å². The van der Waals surface area contributed by atoms with E-state index < -0.39 is 48.8 Å². The van der Waals surface area contributed by atoms with Crippen molar-refractivity contribution in [3.05, 3.63) is 93.2 Å². The van der Waals surface area contributed by atoms with Crippen LogP contribution in [-0.2, 0) is 4.74 Å². The molecule has 0 spiro atoms. The van der Waals surface area contributed by atoms with Gasteiger partial charge in [0.15, 0.2) is 0 Å². The molecule has 0 aliphatic heterocycles. The van der Waals surface area contributed by atoms with Gasteiger partial charge in [-0.25, -0.2) is 0 Å². The highest BCUT2D eigenvalue weighted by Crippen LogP contribution is 2.39. The minimum absolute atomic E-state index is 0.126. The van der Waals surface area contributed by atoms with Gasteiger partial charge in [0.2, 0.25) is 0 Å². The van der Waals surface area contributed by atoms with Crippen LogP contribution in [0, 0.1) is 0 Å². The first-order chi connectivity index (χ1) is 17.6. The predicted octanol–water partition coefficient (Wildman–Crippen LogP) is 0.567. The van der Waals surface area contributed by atoms with Crippen LogP contribution in [0.3, 0.4) is 0 Å². The summed E-state index contributed by atoms with van der Waals surface area (Å²) in [6, 6.07) is 0. The molecule has 0 aromatic carbocycles. The van der Waals surface area contributed by atoms with Gasteiger partial charge >= 0.3 is 0 Å². The van der Waals surface area contributed by atoms with Crippen molar-refractivity contribution < 1.29 is 40.5 Å². The lowest BCUT2D eigenvalue weighted by Gasteiger charge is -2.34. The molecule has 37 heavy (non-hydrogen) atoms. The Morgan fingerprint density at radius 3 is 0.892 bits per heavy atom. The molecule has 0 aromatic heterocycles. The average Bonchev–Trinajstić information content (AvgIpc) is 2.82. The van der Waals surface area contributed by atoms with Gasteiger partial charge in [0.25, 0.3) is 0 Å². The molecule has 5 aliphatic rings. The van der Waals surface area contributed by atoms with Gasteiger partial charge in [-0.05, 0) is 119 Å². The van der Waals surface area contributed by atoms with E-state index in [0.717, 1.165) is 0 Å². The maximum atomic E-state index is 11.2. The van der Waals surface area contributed by atoms with E-state index in [1.165, 1.54) is 12.2 Å². The number of ether oxygens (including phenoxy) is 1. The summed E-state index contributed by atoms with van der Waals surface area (Å²) in [5, 5.41) is 75.8. The summed E-state index contributed by atoms with van der Waals surface area (Å²) in [5.74, 6) is 0. The predicted molar refractivity (Wildman–Crippen MR) is 136 cm³/mol. The van der Waals surface area contributed by atoms with E-state index in [1.54, 1.807) is 43.6 Å². The molecule has 0 amide bonds. The summed E-state index contributed by atoms with van der Waals surface area (Å²) in [5.41, 5.74) is 4.44. The lowest BCUT2D eigenvalue weighted by molar-refractivity contribution is 0.143. The quantitative estimate of drug-likeness (QED) is 0.253. The van der Waals surface area contributed by atoms with Gasteiger partial charge in [-0.15, -0.1) is 0 Å². The van der Waals surface area contributed by atoms with Gasteiger partial charge in [0.1, 0.15) is 6.10 Å². The molecule has 0 radical (unpaired) electrons. The Balaban J connectivity index is 1.58. The highest BCUT2D eigenvalue weighted by Gasteiger charge is 2.34. The van der Waals surface area contributed by atoms with Crippen LogP contribution in [0.15, 0.2) is 93.2 Å². The first-order valence-corrected chi connectivity index (χ1v) is 12.6. The summed E-state index contributed by atoms with van der Waals surface area (Å²) in [7, 11) is 1.55. The molecule has 5 aliphatic carbocycles. The third kappa shape index (κ3) is 5.30. The van der Waals surface area contributed by atoms with Crippen molar-refractivity contribution in [1.29, 1.82) is 0 Å². The van der Waals surface area contributed by atoms with E-state index in [4.69, 9.17) is 4.74 Å². The fourth-order valence-electron chi connectivity index (χ4n) is 6.10. The van der Waals surface area contributed by atoms with Crippen molar-refractivity contribution >= 4 is 0 Å². The Bertz CT molecular complexity index is 1110. The van der Waals surface area contributed by atoms with Gasteiger partial charge in [-0.3, -0.25) is 0 Å². The fourth-order valence-corrected chi connectivity index (χ4v) is 6.10. The van der Waals surface area contributed by atoms with E-state index in [0.29, 0.717) is 44.6 Å². The molecular weight excluding hydrogens is 476 g/mol. The second-order valence-electron chi connectivity index (χ2n) is 10.4. The summed E-state index contributed by atoms with van der Waals surface area (Å²) in [4.78, 5) is 0. The maximum Gasteiger partial charge on any atom is 0.100 e. The summed E-state index contributed by atoms with van der Waals surface area (Å²) in [6.45, 7) is 0. The number of fused-ring (bicyclic) bond motifs is 8. The maximum absolute atomic E-state index is 11.2. The van der Waals surface area contributed by atoms with Gasteiger partial charge in [-0.2, -0.15) is 0 Å². The van der Waals surface area contributed by atoms with Crippen molar-refractivity contribution in [3.63, 3.8) is 0 Å². The standard InChI is InChI=1S/C29H34O8/c1-37-29-20-4-18-10-23(31)8-16(27(18)35)2-14-6-22(30)7-15(26(14)34)3-17-9-24(32)11-19(28(17)36)5-21(29)13-25(33)12-20/h6-13,22-36H,2-5H2,1H3. The lowest BCUT2D eigenvalue weighted by Crippen LogP contribution is -2.31. The van der Waals surface area contributed by atoms with E-state index in [-0.39, 0.29) is 25.7 Å². The third-order valence-corrected chi connectivity index (χ3v) is 7.73. The number of hydrogen-bond acceptors (Lipinski definition) is 8. The van der Waals surface area contributed by atoms with Crippen molar-refractivity contribution in [1.82, 2.24) is 0 Å². The monoisotopic (exact) mass is 510 g/mol. The first kappa shape index (κ1) is 26.2. The zero-order valence-electron chi connectivity index (χ0n) is 20.6. The Morgan fingerprint density at radius 1 is 0.432 bits per heavy atom. The minimum atomic E-state index is -1.06. The van der Waals surface area contributed by atoms with Crippen LogP contribution in [0.4, 0.5) is 0 Å². The van der Waals surface area contributed by atoms with Crippen molar-refractivity contribution in [2.75, 3.05) is 7.11 Å². The van der Waals surface area contributed by atoms with Crippen molar-refractivity contribution in [2.45, 2.75) is 74.5 Å².